The molecule has 9 aliphatic rings. The molecule has 3 amide bonds. The number of halogens is 3. The number of ether oxygens (including phenoxy) is 3. The number of allylic oxidation sites excluding steroid dienone is 4. The average Bonchev–Trinajstić information content (AvgIpc) is 3.90. The molecular formula is C54H63BrF2N4O15. The zero-order valence-corrected chi connectivity index (χ0v) is 43.5. The third-order valence-electron chi connectivity index (χ3n) is 18.7. The summed E-state index contributed by atoms with van der Waals surface area (Å²) >= 11 is 3.03. The van der Waals surface area contributed by atoms with Gasteiger partial charge < -0.3 is 65.7 Å². The number of hydrogen-bond acceptors (Lipinski definition) is 15. The number of anilines is 2. The number of carbonyl (C=O) groups excluding carboxylic acids is 5. The van der Waals surface area contributed by atoms with Crippen molar-refractivity contribution in [1.29, 1.82) is 0 Å². The molecule has 0 radical (unpaired) electrons. The molecule has 76 heavy (non-hydrogen) atoms. The quantitative estimate of drug-likeness (QED) is 0.109. The van der Waals surface area contributed by atoms with Crippen molar-refractivity contribution in [3.8, 4) is 5.75 Å². The summed E-state index contributed by atoms with van der Waals surface area (Å²) in [5.41, 5.74) is -3.95. The number of amides is 3. The number of Topliss-reactive ketones (excluding diaryl/α,β-unsaturated/α-hetero) is 1. The number of nitrogens with one attached hydrogen (secondary N) is 3. The van der Waals surface area contributed by atoms with Gasteiger partial charge in [0.15, 0.2) is 23.3 Å². The Balaban J connectivity index is 0.748. The van der Waals surface area contributed by atoms with E-state index in [1.54, 1.807) is 6.92 Å². The highest BCUT2D eigenvalue weighted by Gasteiger charge is 2.78. The number of aliphatic hydroxyl groups excluding tert-OH is 5. The fourth-order valence-corrected chi connectivity index (χ4v) is 15.5. The number of alkyl halides is 3. The van der Waals surface area contributed by atoms with Gasteiger partial charge in [0.05, 0.1) is 22.5 Å². The van der Waals surface area contributed by atoms with Gasteiger partial charge in [-0.05, 0) is 128 Å². The van der Waals surface area contributed by atoms with Crippen LogP contribution in [0.4, 0.5) is 25.0 Å². The van der Waals surface area contributed by atoms with Gasteiger partial charge in [-0.3, -0.25) is 19.2 Å². The van der Waals surface area contributed by atoms with E-state index in [1.807, 2.05) is 31.2 Å². The summed E-state index contributed by atoms with van der Waals surface area (Å²) in [5, 5.41) is 71.1. The zero-order valence-electron chi connectivity index (χ0n) is 41.9. The predicted molar refractivity (Wildman–Crippen MR) is 268 cm³/mol. The van der Waals surface area contributed by atoms with Gasteiger partial charge in [-0.15, -0.1) is 0 Å². The molecule has 2 heterocycles. The summed E-state index contributed by atoms with van der Waals surface area (Å²) in [6.07, 6.45) is -6.59. The van der Waals surface area contributed by atoms with Gasteiger partial charge >= 0.3 is 12.1 Å². The molecule has 6 saturated carbocycles. The number of carbonyl (C=O) groups is 6. The van der Waals surface area contributed by atoms with Crippen molar-refractivity contribution in [2.24, 2.45) is 39.4 Å². The van der Waals surface area contributed by atoms with Crippen LogP contribution in [0.5, 0.6) is 5.75 Å². The van der Waals surface area contributed by atoms with Crippen LogP contribution in [0.2, 0.25) is 0 Å². The highest BCUT2D eigenvalue weighted by molar-refractivity contribution is 9.09. The molecule has 8 fully saturated rings. The van der Waals surface area contributed by atoms with Crippen LogP contribution in [0.15, 0.2) is 66.3 Å². The fraction of sp³-hybridized carbons (Fsp3) is 0.593. The molecule has 2 aliphatic heterocycles. The largest absolute Gasteiger partial charge is 0.479 e. The minimum Gasteiger partial charge on any atom is -0.479 e. The highest BCUT2D eigenvalue weighted by atomic mass is 79.9. The molecule has 2 saturated heterocycles. The third-order valence-corrected chi connectivity index (χ3v) is 19.2. The first-order valence-corrected chi connectivity index (χ1v) is 26.8. The van der Waals surface area contributed by atoms with Crippen LogP contribution in [0.1, 0.15) is 69.9 Å². The van der Waals surface area contributed by atoms with E-state index in [0.29, 0.717) is 18.5 Å². The van der Waals surface area contributed by atoms with Gasteiger partial charge in [0.2, 0.25) is 18.1 Å². The second kappa shape index (κ2) is 19.5. The number of benzene rings is 2. The van der Waals surface area contributed by atoms with Gasteiger partial charge in [0.1, 0.15) is 43.4 Å². The van der Waals surface area contributed by atoms with Crippen molar-refractivity contribution < 1.29 is 82.4 Å². The molecule has 2 bridgehead atoms. The second-order valence-electron chi connectivity index (χ2n) is 23.0. The Kier molecular flexibility index (Phi) is 13.9. The van der Waals surface area contributed by atoms with Crippen LogP contribution in [0.3, 0.4) is 0 Å². The lowest BCUT2D eigenvalue weighted by Crippen LogP contribution is -2.75. The maximum absolute atomic E-state index is 17.9. The summed E-state index contributed by atoms with van der Waals surface area (Å²) < 4.78 is 50.5. The van der Waals surface area contributed by atoms with Crippen molar-refractivity contribution in [3.63, 3.8) is 0 Å². The van der Waals surface area contributed by atoms with Crippen LogP contribution in [0.25, 0.3) is 0 Å². The molecule has 11 rings (SSSR count). The van der Waals surface area contributed by atoms with E-state index < -0.39 is 113 Å². The summed E-state index contributed by atoms with van der Waals surface area (Å²) in [4.78, 5) is 78.0. The van der Waals surface area contributed by atoms with Crippen molar-refractivity contribution in [1.82, 2.24) is 10.6 Å². The fourth-order valence-electron chi connectivity index (χ4n) is 15.3. The average molecular weight is 1130 g/mol. The van der Waals surface area contributed by atoms with E-state index in [1.165, 1.54) is 36.4 Å². The highest BCUT2D eigenvalue weighted by Crippen LogP contribution is 2.75. The van der Waals surface area contributed by atoms with E-state index >= 15 is 8.78 Å². The minimum absolute atomic E-state index is 0.00477. The number of alkyl carbamates (subject to hydrolysis) is 1. The lowest BCUT2D eigenvalue weighted by atomic mass is 9.38. The molecule has 9 N–H and O–H groups in total. The number of ketones is 2. The topological polar surface area (TPSA) is 291 Å². The Bertz CT molecular complexity index is 2760. The zero-order chi connectivity index (χ0) is 54.5. The van der Waals surface area contributed by atoms with Crippen molar-refractivity contribution in [2.45, 2.75) is 126 Å². The Morgan fingerprint density at radius 3 is 2.33 bits per heavy atom. The number of hydrogen-bond donors (Lipinski definition) is 9. The van der Waals surface area contributed by atoms with Gasteiger partial charge in [-0.1, -0.05) is 47.1 Å². The molecule has 7 aliphatic carbocycles. The van der Waals surface area contributed by atoms with Crippen LogP contribution < -0.4 is 25.6 Å². The van der Waals surface area contributed by atoms with Crippen LogP contribution in [-0.4, -0.2) is 152 Å². The number of carboxylic acid groups (broad SMARTS) is 1. The monoisotopic (exact) mass is 1120 g/mol. The molecule has 19 nitrogen and oxygen atoms in total. The van der Waals surface area contributed by atoms with E-state index in [0.717, 1.165) is 36.9 Å². The SMILES string of the molecule is C[C@]12C=CC(=O)C=C1[C@@H](F)C[C@H]1[C@@H]3C[C@H]4CN(c5ccc(CC67CC(NC(=O)OCc8ccc(O[C@@H]9O[C@H](C(=O)O)[C@@H](O)[C@H](O)[C@H]9O)c(NC(=O)CCNC(=O)CBr)c8)(C6)C7)cc5)C[C@@]4(C(=O)CO)[C@@]3(C)C[C@H](O)[C@@]12F. The maximum Gasteiger partial charge on any atom is 0.407 e. The van der Waals surface area contributed by atoms with Crippen molar-refractivity contribution in [2.75, 3.05) is 41.8 Å². The molecule has 2 aromatic rings. The van der Waals surface area contributed by atoms with E-state index in [9.17, 15) is 59.4 Å². The molecule has 0 aromatic heterocycles. The van der Waals surface area contributed by atoms with Gasteiger partial charge in [-0.25, -0.2) is 18.4 Å². The lowest BCUT2D eigenvalue weighted by Gasteiger charge is -2.70. The first kappa shape index (κ1) is 54.0. The number of rotatable bonds is 16. The first-order valence-electron chi connectivity index (χ1n) is 25.7. The number of carboxylic acids is 1. The summed E-state index contributed by atoms with van der Waals surface area (Å²) in [6.45, 7) is 3.20. The third kappa shape index (κ3) is 8.64. The van der Waals surface area contributed by atoms with Crippen LogP contribution in [-0.2, 0) is 46.5 Å². The Hall–Kier alpha value is -5.36. The van der Waals surface area contributed by atoms with Gasteiger partial charge in [0, 0.05) is 48.6 Å². The summed E-state index contributed by atoms with van der Waals surface area (Å²) in [7, 11) is 0. The van der Waals surface area contributed by atoms with E-state index in [-0.39, 0.29) is 84.3 Å². The molecule has 0 spiro atoms. The second-order valence-corrected chi connectivity index (χ2v) is 23.6. The molecule has 22 heteroatoms. The minimum atomic E-state index is -2.27. The molecule has 2 aromatic carbocycles. The number of aliphatic carboxylic acids is 1. The smallest absolute Gasteiger partial charge is 0.407 e. The maximum atomic E-state index is 17.9. The van der Waals surface area contributed by atoms with Crippen LogP contribution in [0, 0.1) is 39.4 Å². The van der Waals surface area contributed by atoms with Crippen molar-refractivity contribution in [3.05, 3.63) is 77.4 Å². The number of fused-ring (bicyclic) bond motifs is 7. The Morgan fingerprint density at radius 2 is 1.64 bits per heavy atom. The lowest BCUT2D eigenvalue weighted by molar-refractivity contribution is -0.271. The molecule has 14 atom stereocenters. The van der Waals surface area contributed by atoms with Gasteiger partial charge in [0.25, 0.3) is 0 Å². The Morgan fingerprint density at radius 1 is 0.934 bits per heavy atom. The first-order chi connectivity index (χ1) is 35.9. The molecule has 0 unspecified atom stereocenters. The predicted octanol–water partition coefficient (Wildman–Crippen LogP) is 3.10. The standard InChI is InChI=1S/C54H63BrF2N4O15/c1-49-11-9-31(63)15-34(49)35(56)16-33-32-14-29-20-61(26-53(29,39(65)21-62)50(32,2)18-38(64)54(33,49)57)30-6-3-27(4-7-30)17-51-23-52(24-51,25-51)60-48(73)74-22-28-5-8-37(36(13-28)59-40(66)10-12-58-41(67)19-55)75-47-44(70)42(68)43(69)45(76-47)46(71)72/h3-9,11,13,15,29,32-33,35,38,42-45,47,62,64,68-70H,10,12,14,16-26H2,1-2H3,(H,58,67)(H,59,66)(H,60,73)(H,71,72)/t29-,32-,33-,35-,38-,42-,43-,44+,45-,47+,49-,50-,51?,52?,53+,54-/m0/s1. The normalized spacial score (nSPS) is 39.4. The van der Waals surface area contributed by atoms with Crippen molar-refractivity contribution >= 4 is 62.7 Å². The van der Waals surface area contributed by atoms with E-state index in [4.69, 9.17) is 14.2 Å². The number of nitrogens with zero attached hydrogens (tertiary/aromatic N) is 1. The number of aliphatic hydroxyl groups is 5. The Labute approximate surface area is 444 Å². The summed E-state index contributed by atoms with van der Waals surface area (Å²) in [6, 6.07) is 12.4. The van der Waals surface area contributed by atoms with Crippen LogP contribution >= 0.6 is 15.9 Å². The summed E-state index contributed by atoms with van der Waals surface area (Å²) in [5.74, 6) is -5.10. The molecule has 410 valence electrons. The van der Waals surface area contributed by atoms with Gasteiger partial charge in [-0.2, -0.15) is 0 Å². The van der Waals surface area contributed by atoms with E-state index in [2.05, 4.69) is 36.8 Å². The molecular weight excluding hydrogens is 1060 g/mol.